The lowest BCUT2D eigenvalue weighted by atomic mass is 9.99. The number of nitrogens with zero attached hydrogens (tertiary/aromatic N) is 4. The first-order chi connectivity index (χ1) is 14.3. The second kappa shape index (κ2) is 7.71. The molecule has 3 heterocycles. The van der Waals surface area contributed by atoms with Crippen molar-refractivity contribution in [3.8, 4) is 11.3 Å². The van der Waals surface area contributed by atoms with Crippen LogP contribution in [0.2, 0.25) is 0 Å². The fourth-order valence-corrected chi connectivity index (χ4v) is 4.08. The van der Waals surface area contributed by atoms with Gasteiger partial charge >= 0.3 is 6.18 Å². The molecule has 3 aromatic rings. The van der Waals surface area contributed by atoms with Crippen LogP contribution in [0.15, 0.2) is 30.3 Å². The quantitative estimate of drug-likeness (QED) is 0.668. The van der Waals surface area contributed by atoms with Gasteiger partial charge in [0.25, 0.3) is 0 Å². The Labute approximate surface area is 171 Å². The predicted octanol–water partition coefficient (Wildman–Crippen LogP) is 4.02. The van der Waals surface area contributed by atoms with Gasteiger partial charge in [0.1, 0.15) is 11.6 Å². The van der Waals surface area contributed by atoms with Crippen molar-refractivity contribution in [2.75, 3.05) is 30.4 Å². The van der Waals surface area contributed by atoms with Gasteiger partial charge in [-0.2, -0.15) is 13.2 Å². The number of halogens is 3. The van der Waals surface area contributed by atoms with Crippen molar-refractivity contribution < 1.29 is 18.3 Å². The van der Waals surface area contributed by atoms with E-state index in [0.29, 0.717) is 34.9 Å². The zero-order chi connectivity index (χ0) is 21.5. The first kappa shape index (κ1) is 20.3. The van der Waals surface area contributed by atoms with E-state index in [1.54, 1.807) is 32.2 Å². The van der Waals surface area contributed by atoms with E-state index in [1.807, 2.05) is 4.90 Å². The third-order valence-electron chi connectivity index (χ3n) is 5.41. The molecule has 2 N–H and O–H groups in total. The van der Waals surface area contributed by atoms with E-state index in [-0.39, 0.29) is 23.9 Å². The van der Waals surface area contributed by atoms with Crippen molar-refractivity contribution >= 4 is 22.5 Å². The van der Waals surface area contributed by atoms with Crippen LogP contribution in [0, 0.1) is 6.92 Å². The van der Waals surface area contributed by atoms with Gasteiger partial charge in [0.15, 0.2) is 5.65 Å². The molecule has 0 aliphatic carbocycles. The highest BCUT2D eigenvalue weighted by Crippen LogP contribution is 2.43. The predicted molar refractivity (Wildman–Crippen MR) is 110 cm³/mol. The Morgan fingerprint density at radius 3 is 2.67 bits per heavy atom. The molecule has 1 atom stereocenters. The van der Waals surface area contributed by atoms with Gasteiger partial charge in [-0.1, -0.05) is 6.07 Å². The average molecular weight is 417 g/mol. The number of benzene rings is 1. The summed E-state index contributed by atoms with van der Waals surface area (Å²) in [6.45, 7) is 2.18. The van der Waals surface area contributed by atoms with Crippen molar-refractivity contribution in [2.24, 2.45) is 0 Å². The summed E-state index contributed by atoms with van der Waals surface area (Å²) in [6, 6.07) is 7.18. The zero-order valence-electron chi connectivity index (χ0n) is 16.7. The molecule has 1 aliphatic heterocycles. The number of hydrogen-bond acceptors (Lipinski definition) is 6. The van der Waals surface area contributed by atoms with Gasteiger partial charge in [-0.25, -0.2) is 15.0 Å². The summed E-state index contributed by atoms with van der Waals surface area (Å²) in [5.41, 5.74) is 0.194. The first-order valence-corrected chi connectivity index (χ1v) is 9.74. The van der Waals surface area contributed by atoms with E-state index >= 15 is 0 Å². The van der Waals surface area contributed by atoms with Crippen LogP contribution in [-0.2, 0) is 6.18 Å². The number of aliphatic hydroxyl groups is 1. The van der Waals surface area contributed by atoms with Crippen LogP contribution in [0.4, 0.5) is 24.7 Å². The summed E-state index contributed by atoms with van der Waals surface area (Å²) in [7, 11) is 1.72. The molecule has 1 saturated heterocycles. The van der Waals surface area contributed by atoms with Crippen LogP contribution < -0.4 is 10.2 Å². The highest BCUT2D eigenvalue weighted by Gasteiger charge is 2.37. The maximum absolute atomic E-state index is 13.9. The molecule has 1 fully saturated rings. The summed E-state index contributed by atoms with van der Waals surface area (Å²) in [5, 5.41) is 13.3. The number of rotatable bonds is 4. The molecule has 30 heavy (non-hydrogen) atoms. The van der Waals surface area contributed by atoms with Gasteiger partial charge in [0.2, 0.25) is 0 Å². The first-order valence-electron chi connectivity index (χ1n) is 9.74. The van der Waals surface area contributed by atoms with E-state index in [0.717, 1.165) is 18.9 Å². The van der Waals surface area contributed by atoms with E-state index in [4.69, 9.17) is 0 Å². The monoisotopic (exact) mass is 417 g/mol. The Morgan fingerprint density at radius 2 is 1.97 bits per heavy atom. The molecule has 1 aromatic carbocycles. The maximum atomic E-state index is 13.9. The van der Waals surface area contributed by atoms with Crippen molar-refractivity contribution in [2.45, 2.75) is 32.0 Å². The molecule has 2 aromatic heterocycles. The van der Waals surface area contributed by atoms with E-state index in [9.17, 15) is 18.3 Å². The fraction of sp³-hybridized carbons (Fsp3) is 0.381. The normalized spacial score (nSPS) is 17.0. The van der Waals surface area contributed by atoms with Crippen molar-refractivity contribution in [1.29, 1.82) is 0 Å². The Hall–Kier alpha value is -2.94. The van der Waals surface area contributed by atoms with Crippen LogP contribution in [0.5, 0.6) is 0 Å². The minimum Gasteiger partial charge on any atom is -0.394 e. The molecular formula is C21H22F3N5O. The molecule has 0 bridgehead atoms. The number of anilines is 2. The van der Waals surface area contributed by atoms with Crippen LogP contribution in [0.1, 0.15) is 24.2 Å². The largest absolute Gasteiger partial charge is 0.417 e. The van der Waals surface area contributed by atoms with Crippen molar-refractivity contribution in [3.05, 3.63) is 41.7 Å². The third kappa shape index (κ3) is 3.54. The number of aromatic nitrogens is 3. The minimum absolute atomic E-state index is 0.00882. The molecule has 158 valence electrons. The Bertz CT molecular complexity index is 1090. The molecule has 9 heteroatoms. The van der Waals surface area contributed by atoms with E-state index in [2.05, 4.69) is 20.3 Å². The number of fused-ring (bicyclic) bond motifs is 1. The Kier molecular flexibility index (Phi) is 5.23. The zero-order valence-corrected chi connectivity index (χ0v) is 16.7. The molecule has 4 rings (SSSR count). The summed E-state index contributed by atoms with van der Waals surface area (Å²) in [5.74, 6) is 1.04. The summed E-state index contributed by atoms with van der Waals surface area (Å²) >= 11 is 0. The molecule has 0 amide bonds. The van der Waals surface area contributed by atoms with Gasteiger partial charge in [-0.3, -0.25) is 0 Å². The molecule has 0 unspecified atom stereocenters. The van der Waals surface area contributed by atoms with E-state index in [1.165, 1.54) is 6.07 Å². The highest BCUT2D eigenvalue weighted by atomic mass is 19.4. The number of aryl methyl sites for hydroxylation is 1. The van der Waals surface area contributed by atoms with Gasteiger partial charge in [0, 0.05) is 24.8 Å². The number of aliphatic hydroxyl groups excluding tert-OH is 1. The highest BCUT2D eigenvalue weighted by molar-refractivity contribution is 5.90. The van der Waals surface area contributed by atoms with Crippen LogP contribution >= 0.6 is 0 Å². The molecular weight excluding hydrogens is 395 g/mol. The number of alkyl halides is 3. The number of nitrogens with one attached hydrogen (secondary N) is 1. The number of pyridine rings is 1. The standard InChI is InChI=1S/C21H22F3N5O/c1-12-26-19(25-2)14-8-9-16(28-20(14)27-12)18-15(21(22,23)24)6-3-7-17(18)29-10-4-5-13(29)11-30/h3,6-9,13,30H,4-5,10-11H2,1-2H3,(H,25,26,27,28)/t13-/m0/s1. The van der Waals surface area contributed by atoms with Crippen LogP contribution in [0.3, 0.4) is 0 Å². The van der Waals surface area contributed by atoms with Crippen LogP contribution in [0.25, 0.3) is 22.3 Å². The summed E-state index contributed by atoms with van der Waals surface area (Å²) in [6.07, 6.45) is -3.01. The third-order valence-corrected chi connectivity index (χ3v) is 5.41. The topological polar surface area (TPSA) is 74.2 Å². The average Bonchev–Trinajstić information content (AvgIpc) is 3.20. The second-order valence-corrected chi connectivity index (χ2v) is 7.31. The molecule has 0 radical (unpaired) electrons. The van der Waals surface area contributed by atoms with Crippen LogP contribution in [-0.4, -0.2) is 46.3 Å². The minimum atomic E-state index is -4.55. The SMILES string of the molecule is CNc1nc(C)nc2nc(-c3c(N4CCC[C@H]4CO)cccc3C(F)(F)F)ccc12. The Morgan fingerprint density at radius 1 is 1.17 bits per heavy atom. The summed E-state index contributed by atoms with van der Waals surface area (Å²) < 4.78 is 41.8. The lowest BCUT2D eigenvalue weighted by molar-refractivity contribution is -0.137. The smallest absolute Gasteiger partial charge is 0.394 e. The van der Waals surface area contributed by atoms with Gasteiger partial charge in [-0.15, -0.1) is 0 Å². The number of hydrogen-bond donors (Lipinski definition) is 2. The van der Waals surface area contributed by atoms with Crippen molar-refractivity contribution in [3.63, 3.8) is 0 Å². The second-order valence-electron chi connectivity index (χ2n) is 7.31. The van der Waals surface area contributed by atoms with Gasteiger partial charge < -0.3 is 15.3 Å². The van der Waals surface area contributed by atoms with Gasteiger partial charge in [0.05, 0.1) is 29.3 Å². The summed E-state index contributed by atoms with van der Waals surface area (Å²) in [4.78, 5) is 15.0. The van der Waals surface area contributed by atoms with E-state index < -0.39 is 11.7 Å². The Balaban J connectivity index is 1.97. The lowest BCUT2D eigenvalue weighted by Crippen LogP contribution is -2.32. The fourth-order valence-electron chi connectivity index (χ4n) is 4.08. The maximum Gasteiger partial charge on any atom is 0.417 e. The molecule has 0 saturated carbocycles. The molecule has 6 nitrogen and oxygen atoms in total. The van der Waals surface area contributed by atoms with Gasteiger partial charge in [-0.05, 0) is 44.0 Å². The van der Waals surface area contributed by atoms with Crippen molar-refractivity contribution in [1.82, 2.24) is 15.0 Å². The lowest BCUT2D eigenvalue weighted by Gasteiger charge is -2.29. The molecule has 1 aliphatic rings. The molecule has 0 spiro atoms.